The summed E-state index contributed by atoms with van der Waals surface area (Å²) in [5, 5.41) is 0. The largest absolute Gasteiger partial charge is 0.320 e. The molecule has 2 rings (SSSR count). The van der Waals surface area contributed by atoms with Gasteiger partial charge < -0.3 is 5.73 Å². The van der Waals surface area contributed by atoms with Gasteiger partial charge in [-0.25, -0.2) is 0 Å². The van der Waals surface area contributed by atoms with Crippen LogP contribution in [-0.2, 0) is 0 Å². The van der Waals surface area contributed by atoms with Crippen LogP contribution in [0.4, 0.5) is 0 Å². The highest BCUT2D eigenvalue weighted by Crippen LogP contribution is 2.37. The van der Waals surface area contributed by atoms with E-state index in [4.69, 9.17) is 5.73 Å². The van der Waals surface area contributed by atoms with Crippen molar-refractivity contribution in [2.75, 3.05) is 0 Å². The summed E-state index contributed by atoms with van der Waals surface area (Å²) in [6.07, 6.45) is 0. The molecule has 0 aliphatic carbocycles. The van der Waals surface area contributed by atoms with Gasteiger partial charge in [0.25, 0.3) is 0 Å². The fourth-order valence-electron chi connectivity index (χ4n) is 1.62. The first-order valence-corrected chi connectivity index (χ1v) is 8.15. The van der Waals surface area contributed by atoms with Crippen molar-refractivity contribution in [3.05, 3.63) is 53.0 Å². The SMILES string of the molecule is Cc1ccc(Br)cc1C(N)c1cc(Br)c(Br)s1. The van der Waals surface area contributed by atoms with Crippen molar-refractivity contribution >= 4 is 59.1 Å². The van der Waals surface area contributed by atoms with E-state index in [2.05, 4.69) is 72.9 Å². The van der Waals surface area contributed by atoms with Crippen LogP contribution in [0.3, 0.4) is 0 Å². The quantitative estimate of drug-likeness (QED) is 0.666. The van der Waals surface area contributed by atoms with E-state index in [1.165, 1.54) is 5.56 Å². The van der Waals surface area contributed by atoms with Crippen molar-refractivity contribution in [1.29, 1.82) is 0 Å². The minimum absolute atomic E-state index is 0.0832. The van der Waals surface area contributed by atoms with Gasteiger partial charge in [-0.3, -0.25) is 0 Å². The summed E-state index contributed by atoms with van der Waals surface area (Å²) in [4.78, 5) is 1.14. The van der Waals surface area contributed by atoms with E-state index in [1.807, 2.05) is 6.07 Å². The molecule has 0 amide bonds. The molecule has 1 nitrogen and oxygen atoms in total. The second-order valence-corrected chi connectivity index (χ2v) is 7.92. The molecule has 17 heavy (non-hydrogen) atoms. The number of hydrogen-bond donors (Lipinski definition) is 1. The predicted molar refractivity (Wildman–Crippen MR) is 84.6 cm³/mol. The molecule has 1 aromatic heterocycles. The molecular formula is C12H10Br3NS. The number of aryl methyl sites for hydroxylation is 1. The van der Waals surface area contributed by atoms with Crippen molar-refractivity contribution in [3.63, 3.8) is 0 Å². The molecular weight excluding hydrogens is 430 g/mol. The van der Waals surface area contributed by atoms with E-state index < -0.39 is 0 Å². The first-order chi connectivity index (χ1) is 7.99. The van der Waals surface area contributed by atoms with Crippen LogP contribution in [0.2, 0.25) is 0 Å². The van der Waals surface area contributed by atoms with Crippen molar-refractivity contribution in [1.82, 2.24) is 0 Å². The minimum Gasteiger partial charge on any atom is -0.320 e. The predicted octanol–water partition coefficient (Wildman–Crippen LogP) is 5.39. The van der Waals surface area contributed by atoms with Gasteiger partial charge in [0.15, 0.2) is 0 Å². The summed E-state index contributed by atoms with van der Waals surface area (Å²) in [5.74, 6) is 0. The van der Waals surface area contributed by atoms with Crippen molar-refractivity contribution < 1.29 is 0 Å². The molecule has 2 N–H and O–H groups in total. The standard InChI is InChI=1S/C12H10Br3NS/c1-6-2-3-7(13)4-8(6)11(16)10-5-9(14)12(15)17-10/h2-5,11H,16H2,1H3. The molecule has 1 unspecified atom stereocenters. The van der Waals surface area contributed by atoms with Gasteiger partial charge in [-0.05, 0) is 68.1 Å². The van der Waals surface area contributed by atoms with Crippen LogP contribution in [0.15, 0.2) is 37.0 Å². The topological polar surface area (TPSA) is 26.0 Å². The number of thiophene rings is 1. The molecule has 5 heteroatoms. The minimum atomic E-state index is -0.0832. The summed E-state index contributed by atoms with van der Waals surface area (Å²) in [7, 11) is 0. The summed E-state index contributed by atoms with van der Waals surface area (Å²) >= 11 is 12.1. The Hall–Kier alpha value is 0.320. The Bertz CT molecular complexity index is 531. The molecule has 0 saturated carbocycles. The Balaban J connectivity index is 2.42. The molecule has 0 saturated heterocycles. The van der Waals surface area contributed by atoms with Gasteiger partial charge in [0, 0.05) is 13.8 Å². The summed E-state index contributed by atoms with van der Waals surface area (Å²) < 4.78 is 3.19. The van der Waals surface area contributed by atoms with Gasteiger partial charge in [0.1, 0.15) is 0 Å². The van der Waals surface area contributed by atoms with E-state index in [-0.39, 0.29) is 6.04 Å². The first-order valence-electron chi connectivity index (χ1n) is 4.95. The van der Waals surface area contributed by atoms with Gasteiger partial charge in [-0.15, -0.1) is 11.3 Å². The zero-order valence-corrected chi connectivity index (χ0v) is 14.6. The van der Waals surface area contributed by atoms with E-state index in [0.717, 1.165) is 23.2 Å². The van der Waals surface area contributed by atoms with Crippen LogP contribution in [0.25, 0.3) is 0 Å². The highest BCUT2D eigenvalue weighted by molar-refractivity contribution is 9.13. The molecule has 0 fully saturated rings. The smallest absolute Gasteiger partial charge is 0.0843 e. The molecule has 2 aromatic rings. The molecule has 0 radical (unpaired) electrons. The molecule has 0 bridgehead atoms. The van der Waals surface area contributed by atoms with E-state index in [9.17, 15) is 0 Å². The Kier molecular flexibility index (Phi) is 4.47. The number of benzene rings is 1. The lowest BCUT2D eigenvalue weighted by Crippen LogP contribution is -2.11. The van der Waals surface area contributed by atoms with Crippen LogP contribution < -0.4 is 5.73 Å². The lowest BCUT2D eigenvalue weighted by molar-refractivity contribution is 0.881. The molecule has 0 aliphatic rings. The van der Waals surface area contributed by atoms with Gasteiger partial charge in [-0.2, -0.15) is 0 Å². The second-order valence-electron chi connectivity index (χ2n) is 3.75. The molecule has 90 valence electrons. The van der Waals surface area contributed by atoms with Crippen molar-refractivity contribution in [2.45, 2.75) is 13.0 Å². The van der Waals surface area contributed by atoms with Crippen LogP contribution in [0, 0.1) is 6.92 Å². The maximum Gasteiger partial charge on any atom is 0.0843 e. The average molecular weight is 440 g/mol. The zero-order chi connectivity index (χ0) is 12.6. The molecule has 1 atom stereocenters. The van der Waals surface area contributed by atoms with Crippen LogP contribution in [0.1, 0.15) is 22.0 Å². The summed E-state index contributed by atoms with van der Waals surface area (Å²) in [6, 6.07) is 8.18. The van der Waals surface area contributed by atoms with Crippen molar-refractivity contribution in [3.8, 4) is 0 Å². The highest BCUT2D eigenvalue weighted by Gasteiger charge is 2.15. The normalized spacial score (nSPS) is 12.8. The Morgan fingerprint density at radius 3 is 2.47 bits per heavy atom. The number of rotatable bonds is 2. The lowest BCUT2D eigenvalue weighted by atomic mass is 10.0. The third-order valence-corrected chi connectivity index (χ3v) is 6.38. The monoisotopic (exact) mass is 437 g/mol. The Morgan fingerprint density at radius 2 is 1.88 bits per heavy atom. The van der Waals surface area contributed by atoms with E-state index in [0.29, 0.717) is 0 Å². The second kappa shape index (κ2) is 5.53. The number of hydrogen-bond acceptors (Lipinski definition) is 2. The van der Waals surface area contributed by atoms with Gasteiger partial charge in [0.05, 0.1) is 9.83 Å². The van der Waals surface area contributed by atoms with Crippen LogP contribution in [0.5, 0.6) is 0 Å². The molecule has 0 spiro atoms. The fraction of sp³-hybridized carbons (Fsp3) is 0.167. The highest BCUT2D eigenvalue weighted by atomic mass is 79.9. The van der Waals surface area contributed by atoms with Gasteiger partial charge in [0.2, 0.25) is 0 Å². The third kappa shape index (κ3) is 3.01. The maximum atomic E-state index is 6.32. The molecule has 1 aromatic carbocycles. The van der Waals surface area contributed by atoms with Crippen LogP contribution >= 0.6 is 59.1 Å². The fourth-order valence-corrected chi connectivity index (χ4v) is 4.11. The lowest BCUT2D eigenvalue weighted by Gasteiger charge is -2.13. The van der Waals surface area contributed by atoms with E-state index >= 15 is 0 Å². The first kappa shape index (κ1) is 13.7. The maximum absolute atomic E-state index is 6.32. The summed E-state index contributed by atoms with van der Waals surface area (Å²) in [6.45, 7) is 2.08. The average Bonchev–Trinajstić information content (AvgIpc) is 2.62. The Morgan fingerprint density at radius 1 is 1.18 bits per heavy atom. The molecule has 0 aliphatic heterocycles. The number of halogens is 3. The van der Waals surface area contributed by atoms with Gasteiger partial charge in [-0.1, -0.05) is 22.0 Å². The van der Waals surface area contributed by atoms with E-state index in [1.54, 1.807) is 11.3 Å². The van der Waals surface area contributed by atoms with Crippen LogP contribution in [-0.4, -0.2) is 0 Å². The van der Waals surface area contributed by atoms with Crippen molar-refractivity contribution in [2.24, 2.45) is 5.73 Å². The van der Waals surface area contributed by atoms with Gasteiger partial charge >= 0.3 is 0 Å². The molecule has 1 heterocycles. The third-order valence-electron chi connectivity index (χ3n) is 2.55. The Labute approximate surface area is 130 Å². The zero-order valence-electron chi connectivity index (χ0n) is 9.01. The number of nitrogens with two attached hydrogens (primary N) is 1. The summed E-state index contributed by atoms with van der Waals surface area (Å²) in [5.41, 5.74) is 8.68.